The van der Waals surface area contributed by atoms with Gasteiger partial charge in [0.25, 0.3) is 5.91 Å². The second kappa shape index (κ2) is 10.9. The molecule has 2 aliphatic rings. The van der Waals surface area contributed by atoms with Gasteiger partial charge in [0.15, 0.2) is 17.3 Å². The molecule has 43 heavy (non-hydrogen) atoms. The number of aromatic hydroxyl groups is 1. The van der Waals surface area contributed by atoms with E-state index in [9.17, 15) is 24.6 Å². The van der Waals surface area contributed by atoms with Crippen LogP contribution in [0.15, 0.2) is 53.5 Å². The van der Waals surface area contributed by atoms with Gasteiger partial charge < -0.3 is 29.7 Å². The minimum Gasteiger partial charge on any atom is -0.507 e. The van der Waals surface area contributed by atoms with Crippen molar-refractivity contribution in [3.63, 3.8) is 0 Å². The highest BCUT2D eigenvalue weighted by Crippen LogP contribution is 2.56. The minimum atomic E-state index is -1.64. The number of amides is 1. The molecule has 0 aromatic heterocycles. The third-order valence-corrected chi connectivity index (χ3v) is 8.18. The number of carbonyl (C=O) groups excluding carboxylic acids is 3. The quantitative estimate of drug-likeness (QED) is 0.262. The molecule has 1 aliphatic carbocycles. The van der Waals surface area contributed by atoms with E-state index in [1.54, 1.807) is 6.92 Å². The number of carbonyl (C=O) groups is 3. The van der Waals surface area contributed by atoms with Crippen molar-refractivity contribution in [3.8, 4) is 34.8 Å². The van der Waals surface area contributed by atoms with E-state index >= 15 is 0 Å². The average molecular weight is 582 g/mol. The first-order chi connectivity index (χ1) is 20.5. The summed E-state index contributed by atoms with van der Waals surface area (Å²) < 4.78 is 17.5. The van der Waals surface area contributed by atoms with Crippen molar-refractivity contribution in [1.29, 1.82) is 0 Å². The van der Waals surface area contributed by atoms with Crippen molar-refractivity contribution in [1.82, 2.24) is 5.32 Å². The number of allylic oxidation sites excluding steroid dienone is 3. The summed E-state index contributed by atoms with van der Waals surface area (Å²) in [5.41, 5.74) is 0.652. The number of methoxy groups -OCH3 is 1. The highest BCUT2D eigenvalue weighted by Gasteiger charge is 2.55. The van der Waals surface area contributed by atoms with E-state index in [0.29, 0.717) is 0 Å². The summed E-state index contributed by atoms with van der Waals surface area (Å²) in [4.78, 5) is 39.6. The van der Waals surface area contributed by atoms with Gasteiger partial charge in [-0.15, -0.1) is 5.92 Å². The highest BCUT2D eigenvalue weighted by molar-refractivity contribution is 6.25. The van der Waals surface area contributed by atoms with Gasteiger partial charge in [-0.25, -0.2) is 0 Å². The Hall–Kier alpha value is -5.23. The van der Waals surface area contributed by atoms with Crippen LogP contribution in [-0.4, -0.2) is 41.4 Å². The molecule has 1 heterocycles. The second-order valence-corrected chi connectivity index (χ2v) is 10.6. The molecule has 0 bridgehead atoms. The maximum atomic E-state index is 13.9. The monoisotopic (exact) mass is 581 g/mol. The molecule has 0 unspecified atom stereocenters. The van der Waals surface area contributed by atoms with Gasteiger partial charge in [0.1, 0.15) is 51.9 Å². The van der Waals surface area contributed by atoms with E-state index < -0.39 is 34.2 Å². The molecule has 3 aromatic rings. The number of rotatable bonds is 7. The Morgan fingerprint density at radius 2 is 1.81 bits per heavy atom. The summed E-state index contributed by atoms with van der Waals surface area (Å²) in [6, 6.07) is 8.98. The lowest BCUT2D eigenvalue weighted by Crippen LogP contribution is -2.38. The minimum absolute atomic E-state index is 0.00936. The number of hydrogen-bond acceptors (Lipinski definition) is 8. The fraction of sp³-hybridized carbons (Fsp3) is 0.265. The molecule has 0 radical (unpaired) electrons. The molecule has 1 aliphatic heterocycles. The van der Waals surface area contributed by atoms with Crippen molar-refractivity contribution < 1.29 is 38.8 Å². The van der Waals surface area contributed by atoms with E-state index in [1.807, 2.05) is 38.1 Å². The number of aliphatic hydroxyl groups excluding tert-OH is 1. The zero-order chi connectivity index (χ0) is 31.2. The zero-order valence-electron chi connectivity index (χ0n) is 24.7. The van der Waals surface area contributed by atoms with Crippen LogP contribution in [0.25, 0.3) is 10.8 Å². The first-order valence-electron chi connectivity index (χ1n) is 13.6. The molecule has 5 rings (SSSR count). The fourth-order valence-corrected chi connectivity index (χ4v) is 5.82. The number of phenolic OH excluding ortho intramolecular Hbond substituents is 1. The lowest BCUT2D eigenvalue weighted by Gasteiger charge is -2.27. The van der Waals surface area contributed by atoms with Crippen molar-refractivity contribution in [2.75, 3.05) is 13.7 Å². The van der Waals surface area contributed by atoms with E-state index in [2.05, 4.69) is 17.2 Å². The molecular formula is C34H31NO8. The number of ether oxygens (including phenoxy) is 3. The lowest BCUT2D eigenvalue weighted by atomic mass is 9.71. The summed E-state index contributed by atoms with van der Waals surface area (Å²) in [5.74, 6) is 3.54. The Kier molecular flexibility index (Phi) is 7.40. The first-order valence-corrected chi connectivity index (χ1v) is 13.6. The maximum absolute atomic E-state index is 13.9. The molecule has 0 spiro atoms. The van der Waals surface area contributed by atoms with Crippen molar-refractivity contribution in [2.45, 2.75) is 46.6 Å². The summed E-state index contributed by atoms with van der Waals surface area (Å²) in [6.07, 6.45) is 1.17. The molecule has 3 aromatic carbocycles. The Balaban J connectivity index is 1.56. The van der Waals surface area contributed by atoms with Crippen molar-refractivity contribution >= 4 is 28.2 Å². The predicted molar refractivity (Wildman–Crippen MR) is 160 cm³/mol. The molecular weight excluding hydrogens is 550 g/mol. The van der Waals surface area contributed by atoms with Gasteiger partial charge >= 0.3 is 0 Å². The number of hydrogen-bond donors (Lipinski definition) is 3. The normalized spacial score (nSPS) is 16.9. The second-order valence-electron chi connectivity index (χ2n) is 10.6. The molecule has 0 fully saturated rings. The van der Waals surface area contributed by atoms with Crippen LogP contribution in [0.3, 0.4) is 0 Å². The van der Waals surface area contributed by atoms with Gasteiger partial charge in [-0.05, 0) is 56.7 Å². The summed E-state index contributed by atoms with van der Waals surface area (Å²) in [5, 5.41) is 26.2. The molecule has 0 saturated carbocycles. The predicted octanol–water partition coefficient (Wildman–Crippen LogP) is 5.02. The van der Waals surface area contributed by atoms with Gasteiger partial charge in [0.2, 0.25) is 0 Å². The van der Waals surface area contributed by atoms with Crippen LogP contribution in [0.2, 0.25) is 0 Å². The Morgan fingerprint density at radius 3 is 2.47 bits per heavy atom. The Morgan fingerprint density at radius 1 is 1.12 bits per heavy atom. The van der Waals surface area contributed by atoms with Gasteiger partial charge in [-0.3, -0.25) is 14.4 Å². The molecule has 9 heteroatoms. The molecule has 0 saturated heterocycles. The standard InChI is InChI=1S/C34H31NO8/c1-7-8-13-42-30-18(3)17(2)22(20-11-9-10-12-21(20)30)16-35-33(40)28-25(41-6)14-24(38)29-31(28)43-26-15-23(37)27(19(4)36)32(39)34(26,29)5/h9-12,14-15,37-38H,13,16H2,1-6H3,(H,35,40)/t34-/m1/s1. The van der Waals surface area contributed by atoms with E-state index in [-0.39, 0.29) is 47.3 Å². The van der Waals surface area contributed by atoms with E-state index in [0.717, 1.165) is 33.2 Å². The molecule has 1 atom stereocenters. The van der Waals surface area contributed by atoms with Gasteiger partial charge in [0, 0.05) is 24.1 Å². The van der Waals surface area contributed by atoms with Crippen LogP contribution in [-0.2, 0) is 21.5 Å². The topological polar surface area (TPSA) is 131 Å². The number of Topliss-reactive ketones (excluding diaryl/α,β-unsaturated/α-hetero) is 2. The summed E-state index contributed by atoms with van der Waals surface area (Å²) in [6.45, 7) is 8.70. The van der Waals surface area contributed by atoms with Gasteiger partial charge in [-0.2, -0.15) is 0 Å². The van der Waals surface area contributed by atoms with Crippen LogP contribution in [0.1, 0.15) is 53.4 Å². The maximum Gasteiger partial charge on any atom is 0.259 e. The largest absolute Gasteiger partial charge is 0.507 e. The van der Waals surface area contributed by atoms with Crippen molar-refractivity contribution in [2.24, 2.45) is 0 Å². The highest BCUT2D eigenvalue weighted by atomic mass is 16.5. The van der Waals surface area contributed by atoms with Crippen LogP contribution < -0.4 is 19.5 Å². The third-order valence-electron chi connectivity index (χ3n) is 8.18. The fourth-order valence-electron chi connectivity index (χ4n) is 5.82. The number of benzene rings is 3. The average Bonchev–Trinajstić information content (AvgIpc) is 3.27. The van der Waals surface area contributed by atoms with E-state index in [4.69, 9.17) is 14.2 Å². The molecule has 3 N–H and O–H groups in total. The summed E-state index contributed by atoms with van der Waals surface area (Å²) in [7, 11) is 1.34. The lowest BCUT2D eigenvalue weighted by molar-refractivity contribution is -0.123. The Bertz CT molecular complexity index is 1870. The number of aliphatic hydroxyl groups is 1. The SMILES string of the molecule is CC#CCOc1c(C)c(C)c(CNC(=O)c2c(OC)cc(O)c3c2OC2=CC(O)=C(C(C)=O)C(=O)[C@]23C)c2ccccc12. The van der Waals surface area contributed by atoms with Gasteiger partial charge in [-0.1, -0.05) is 30.2 Å². The van der Waals surface area contributed by atoms with Crippen LogP contribution >= 0.6 is 0 Å². The number of nitrogens with one attached hydrogen (secondary N) is 1. The van der Waals surface area contributed by atoms with Crippen LogP contribution in [0.4, 0.5) is 0 Å². The van der Waals surface area contributed by atoms with Crippen LogP contribution in [0, 0.1) is 25.7 Å². The summed E-state index contributed by atoms with van der Waals surface area (Å²) >= 11 is 0. The third kappa shape index (κ3) is 4.47. The van der Waals surface area contributed by atoms with Crippen molar-refractivity contribution in [3.05, 3.63) is 81.3 Å². The molecule has 9 nitrogen and oxygen atoms in total. The smallest absolute Gasteiger partial charge is 0.259 e. The van der Waals surface area contributed by atoms with Gasteiger partial charge in [0.05, 0.1) is 12.7 Å². The Labute approximate surface area is 248 Å². The first kappa shape index (κ1) is 29.3. The number of phenols is 1. The molecule has 220 valence electrons. The molecule has 1 amide bonds. The number of fused-ring (bicyclic) bond motifs is 4. The zero-order valence-corrected chi connectivity index (χ0v) is 24.7. The number of ketones is 2. The van der Waals surface area contributed by atoms with E-state index in [1.165, 1.54) is 33.1 Å². The van der Waals surface area contributed by atoms with Crippen LogP contribution in [0.5, 0.6) is 23.0 Å².